The summed E-state index contributed by atoms with van der Waals surface area (Å²) >= 11 is 5.92. The number of carbonyl (C=O) groups is 1. The number of benzene rings is 2. The van der Waals surface area contributed by atoms with Gasteiger partial charge in [-0.05, 0) is 87.4 Å². The first-order chi connectivity index (χ1) is 15.5. The fourth-order valence-corrected chi connectivity index (χ4v) is 5.49. The molecule has 0 fully saturated rings. The van der Waals surface area contributed by atoms with Gasteiger partial charge in [-0.1, -0.05) is 29.8 Å². The summed E-state index contributed by atoms with van der Waals surface area (Å²) < 4.78 is 33.3. The maximum Gasteiger partial charge on any atom is 0.331 e. The van der Waals surface area contributed by atoms with E-state index in [1.165, 1.54) is 10.4 Å². The molecular formula is C26H32ClNO4S. The highest BCUT2D eigenvalue weighted by Crippen LogP contribution is 2.30. The summed E-state index contributed by atoms with van der Waals surface area (Å²) in [5, 5.41) is 0. The Bertz CT molecular complexity index is 1130. The fourth-order valence-electron chi connectivity index (χ4n) is 3.94. The predicted molar refractivity (Wildman–Crippen MR) is 133 cm³/mol. The van der Waals surface area contributed by atoms with Gasteiger partial charge in [-0.15, -0.1) is 11.6 Å². The average molecular weight is 490 g/mol. The minimum Gasteiger partial charge on any atom is -0.457 e. The Labute approximate surface area is 202 Å². The number of hydrogen-bond donors (Lipinski definition) is 0. The van der Waals surface area contributed by atoms with Crippen molar-refractivity contribution in [2.75, 3.05) is 12.4 Å². The van der Waals surface area contributed by atoms with Crippen molar-refractivity contribution < 1.29 is 17.9 Å². The second kappa shape index (κ2) is 10.4. The number of hydrogen-bond acceptors (Lipinski definition) is 4. The molecule has 0 atom stereocenters. The van der Waals surface area contributed by atoms with Crippen LogP contribution in [0.4, 0.5) is 0 Å². The molecule has 0 spiro atoms. The normalized spacial score (nSPS) is 14.9. The lowest BCUT2D eigenvalue weighted by molar-refractivity contribution is -0.148. The summed E-state index contributed by atoms with van der Waals surface area (Å²) in [6, 6.07) is 11.0. The van der Waals surface area contributed by atoms with Crippen LogP contribution in [0.1, 0.15) is 55.0 Å². The lowest BCUT2D eigenvalue weighted by Crippen LogP contribution is -2.36. The zero-order valence-corrected chi connectivity index (χ0v) is 21.3. The van der Waals surface area contributed by atoms with Crippen molar-refractivity contribution in [2.24, 2.45) is 0 Å². The lowest BCUT2D eigenvalue weighted by atomic mass is 9.89. The van der Waals surface area contributed by atoms with Gasteiger partial charge in [0.25, 0.3) is 0 Å². The Balaban J connectivity index is 1.92. The van der Waals surface area contributed by atoms with Gasteiger partial charge in [-0.25, -0.2) is 13.2 Å². The molecule has 7 heteroatoms. The molecule has 1 heterocycles. The summed E-state index contributed by atoms with van der Waals surface area (Å²) in [6.07, 6.45) is 5.45. The third kappa shape index (κ3) is 6.46. The van der Waals surface area contributed by atoms with E-state index < -0.39 is 21.6 Å². The van der Waals surface area contributed by atoms with Crippen LogP contribution in [0.5, 0.6) is 0 Å². The molecule has 33 heavy (non-hydrogen) atoms. The van der Waals surface area contributed by atoms with Gasteiger partial charge in [0, 0.05) is 25.0 Å². The fraction of sp³-hybridized carbons (Fsp3) is 0.423. The van der Waals surface area contributed by atoms with E-state index in [0.29, 0.717) is 30.3 Å². The highest BCUT2D eigenvalue weighted by Gasteiger charge is 2.29. The van der Waals surface area contributed by atoms with Crippen LogP contribution in [0, 0.1) is 6.92 Å². The predicted octanol–water partition coefficient (Wildman–Crippen LogP) is 5.27. The second-order valence-corrected chi connectivity index (χ2v) is 11.7. The van der Waals surface area contributed by atoms with Crippen LogP contribution in [0.2, 0.25) is 0 Å². The van der Waals surface area contributed by atoms with E-state index in [-0.39, 0.29) is 0 Å². The van der Waals surface area contributed by atoms with E-state index in [1.807, 2.05) is 52.0 Å². The third-order valence-electron chi connectivity index (χ3n) is 5.53. The molecule has 3 rings (SSSR count). The van der Waals surface area contributed by atoms with Crippen LogP contribution in [-0.4, -0.2) is 36.7 Å². The van der Waals surface area contributed by atoms with Crippen LogP contribution in [0.15, 0.2) is 47.4 Å². The number of esters is 1. The van der Waals surface area contributed by atoms with E-state index in [9.17, 15) is 13.2 Å². The van der Waals surface area contributed by atoms with Crippen molar-refractivity contribution in [3.63, 3.8) is 0 Å². The number of ether oxygens (including phenoxy) is 1. The minimum atomic E-state index is -3.58. The van der Waals surface area contributed by atoms with Crippen LogP contribution in [0.25, 0.3) is 6.08 Å². The maximum absolute atomic E-state index is 13.2. The van der Waals surface area contributed by atoms with E-state index in [2.05, 4.69) is 0 Å². The lowest BCUT2D eigenvalue weighted by Gasteiger charge is -2.30. The first-order valence-electron chi connectivity index (χ1n) is 11.2. The van der Waals surface area contributed by atoms with Gasteiger partial charge in [0.05, 0.1) is 4.90 Å². The summed E-state index contributed by atoms with van der Waals surface area (Å²) in [6.45, 7) is 8.11. The third-order valence-corrected chi connectivity index (χ3v) is 7.66. The van der Waals surface area contributed by atoms with Crippen LogP contribution in [-0.2, 0) is 38.9 Å². The second-order valence-electron chi connectivity index (χ2n) is 9.34. The Kier molecular flexibility index (Phi) is 8.04. The van der Waals surface area contributed by atoms with Crippen molar-refractivity contribution in [3.05, 3.63) is 70.3 Å². The van der Waals surface area contributed by atoms with Crippen LogP contribution >= 0.6 is 11.6 Å². The number of nitrogens with zero attached hydrogens (tertiary/aromatic N) is 1. The van der Waals surface area contributed by atoms with Gasteiger partial charge in [-0.3, -0.25) is 0 Å². The molecule has 0 radical (unpaired) electrons. The van der Waals surface area contributed by atoms with Gasteiger partial charge >= 0.3 is 5.97 Å². The molecule has 0 saturated heterocycles. The smallest absolute Gasteiger partial charge is 0.331 e. The summed E-state index contributed by atoms with van der Waals surface area (Å²) in [4.78, 5) is 12.6. The summed E-state index contributed by atoms with van der Waals surface area (Å²) in [5.41, 5.74) is 4.56. The Hall–Kier alpha value is -2.15. The van der Waals surface area contributed by atoms with Gasteiger partial charge in [-0.2, -0.15) is 4.31 Å². The largest absolute Gasteiger partial charge is 0.457 e. The van der Waals surface area contributed by atoms with E-state index in [4.69, 9.17) is 16.3 Å². The SMILES string of the molecule is Cc1ccc(S(=O)(=O)N2CCc3c(ccc(CCCCl)c3/C=C/C(=O)OC(C)(C)C)C2)cc1. The van der Waals surface area contributed by atoms with E-state index >= 15 is 0 Å². The zero-order valence-electron chi connectivity index (χ0n) is 19.7. The number of halogens is 1. The molecule has 0 amide bonds. The quantitative estimate of drug-likeness (QED) is 0.302. The molecule has 0 bridgehead atoms. The number of alkyl halides is 1. The Morgan fingerprint density at radius 2 is 1.85 bits per heavy atom. The van der Waals surface area contributed by atoms with Crippen molar-refractivity contribution in [3.8, 4) is 0 Å². The van der Waals surface area contributed by atoms with Crippen molar-refractivity contribution >= 4 is 33.7 Å². The van der Waals surface area contributed by atoms with Crippen molar-refractivity contribution in [1.29, 1.82) is 0 Å². The number of rotatable bonds is 7. The summed E-state index contributed by atoms with van der Waals surface area (Å²) in [7, 11) is -3.58. The minimum absolute atomic E-state index is 0.300. The number of aryl methyl sites for hydroxylation is 2. The molecule has 5 nitrogen and oxygen atoms in total. The van der Waals surface area contributed by atoms with Gasteiger partial charge in [0.1, 0.15) is 5.60 Å². The first-order valence-corrected chi connectivity index (χ1v) is 13.2. The molecule has 0 aliphatic carbocycles. The average Bonchev–Trinajstić information content (AvgIpc) is 2.75. The standard InChI is InChI=1S/C26H32ClNO4S/c1-19-7-11-22(12-8-19)33(30,31)28-17-15-24-21(18-28)10-9-20(6-5-16-27)23(24)13-14-25(29)32-26(2,3)4/h7-14H,5-6,15-18H2,1-4H3/b14-13+. The summed E-state index contributed by atoms with van der Waals surface area (Å²) in [5.74, 6) is 0.150. The number of sulfonamides is 1. The molecule has 0 N–H and O–H groups in total. The molecule has 1 aliphatic rings. The number of fused-ring (bicyclic) bond motifs is 1. The van der Waals surface area contributed by atoms with Gasteiger partial charge < -0.3 is 4.74 Å². The molecule has 0 unspecified atom stereocenters. The van der Waals surface area contributed by atoms with E-state index in [0.717, 1.165) is 40.7 Å². The monoisotopic (exact) mass is 489 g/mol. The molecule has 0 aromatic heterocycles. The van der Waals surface area contributed by atoms with Crippen molar-refractivity contribution in [2.45, 2.75) is 64.0 Å². The van der Waals surface area contributed by atoms with Gasteiger partial charge in [0.15, 0.2) is 0 Å². The van der Waals surface area contributed by atoms with Gasteiger partial charge in [0.2, 0.25) is 10.0 Å². The Morgan fingerprint density at radius 3 is 2.48 bits per heavy atom. The molecule has 2 aromatic rings. The number of carbonyl (C=O) groups excluding carboxylic acids is 1. The molecule has 1 aliphatic heterocycles. The molecule has 2 aromatic carbocycles. The molecular weight excluding hydrogens is 458 g/mol. The maximum atomic E-state index is 13.2. The zero-order chi connectivity index (χ0) is 24.2. The van der Waals surface area contributed by atoms with Crippen LogP contribution in [0.3, 0.4) is 0 Å². The van der Waals surface area contributed by atoms with Crippen molar-refractivity contribution in [1.82, 2.24) is 4.31 Å². The Morgan fingerprint density at radius 1 is 1.15 bits per heavy atom. The van der Waals surface area contributed by atoms with E-state index in [1.54, 1.807) is 18.2 Å². The highest BCUT2D eigenvalue weighted by atomic mass is 35.5. The molecule has 0 saturated carbocycles. The highest BCUT2D eigenvalue weighted by molar-refractivity contribution is 7.89. The van der Waals surface area contributed by atoms with Crippen LogP contribution < -0.4 is 0 Å². The first kappa shape index (κ1) is 25.5. The molecule has 178 valence electrons. The topological polar surface area (TPSA) is 63.7 Å².